The smallest absolute Gasteiger partial charge is 0.277 e. The van der Waals surface area contributed by atoms with Gasteiger partial charge in [-0.1, -0.05) is 17.8 Å². The minimum Gasteiger partial charge on any atom is -0.492 e. The molecule has 4 heterocycles. The van der Waals surface area contributed by atoms with Crippen molar-refractivity contribution in [2.24, 2.45) is 11.5 Å². The van der Waals surface area contributed by atoms with Crippen LogP contribution in [0.25, 0.3) is 22.5 Å². The number of alkyl halides is 4. The first-order valence-electron chi connectivity index (χ1n) is 15.0. The molecule has 0 spiro atoms. The number of nitrogens with two attached hydrogens (primary N) is 2. The number of fused-ring (bicyclic) bond motifs is 6. The van der Waals surface area contributed by atoms with Gasteiger partial charge in [-0.05, 0) is 28.1 Å². The van der Waals surface area contributed by atoms with Crippen LogP contribution in [0, 0.1) is 35.8 Å². The Morgan fingerprint density at radius 1 is 0.811 bits per heavy atom. The summed E-state index contributed by atoms with van der Waals surface area (Å²) < 4.78 is 87.3. The Labute approximate surface area is 314 Å². The van der Waals surface area contributed by atoms with E-state index in [9.17, 15) is 41.0 Å². The molecule has 2 amide bonds. The van der Waals surface area contributed by atoms with Crippen LogP contribution < -0.4 is 20.9 Å². The summed E-state index contributed by atoms with van der Waals surface area (Å²) in [6.07, 6.45) is 5.63. The first-order chi connectivity index (χ1) is 25.1. The summed E-state index contributed by atoms with van der Waals surface area (Å²) in [5.41, 5.74) is 7.78. The van der Waals surface area contributed by atoms with Crippen molar-refractivity contribution < 1.29 is 55.6 Å². The monoisotopic (exact) mass is 844 g/mol. The second kappa shape index (κ2) is 17.4. The predicted molar refractivity (Wildman–Crippen MR) is 188 cm³/mol. The van der Waals surface area contributed by atoms with E-state index in [1.54, 1.807) is 12.0 Å². The summed E-state index contributed by atoms with van der Waals surface area (Å²) >= 11 is 5.52. The summed E-state index contributed by atoms with van der Waals surface area (Å²) in [5, 5.41) is 18.4. The molecule has 280 valence electrons. The van der Waals surface area contributed by atoms with Gasteiger partial charge in [0.1, 0.15) is 49.8 Å². The molecule has 6 rings (SSSR count). The highest BCUT2D eigenvalue weighted by Gasteiger charge is 2.27. The van der Waals surface area contributed by atoms with Gasteiger partial charge in [-0.15, -0.1) is 29.1 Å². The van der Waals surface area contributed by atoms with Gasteiger partial charge in [0, 0.05) is 45.9 Å². The third-order valence-corrected chi connectivity index (χ3v) is 10.0. The van der Waals surface area contributed by atoms with E-state index in [1.807, 2.05) is 5.92 Å². The van der Waals surface area contributed by atoms with Crippen LogP contribution in [0.1, 0.15) is 34.9 Å². The van der Waals surface area contributed by atoms with Crippen LogP contribution in [0.2, 0.25) is 0 Å². The van der Waals surface area contributed by atoms with Gasteiger partial charge in [-0.3, -0.25) is 9.59 Å². The molecule has 0 fully saturated rings. The van der Waals surface area contributed by atoms with Crippen LogP contribution >= 0.6 is 38.6 Å². The second-order valence-corrected chi connectivity index (χ2v) is 14.1. The van der Waals surface area contributed by atoms with Gasteiger partial charge in [0.2, 0.25) is 0 Å². The number of aliphatic hydroxyl groups is 2. The highest BCUT2D eigenvalue weighted by atomic mass is 79.9. The molecule has 10 nitrogen and oxygen atoms in total. The van der Waals surface area contributed by atoms with E-state index in [-0.39, 0.29) is 27.9 Å². The predicted octanol–water partition coefficient (Wildman–Crippen LogP) is 5.04. The lowest BCUT2D eigenvalue weighted by molar-refractivity contribution is 0.0466. The highest BCUT2D eigenvalue weighted by molar-refractivity contribution is 9.10. The van der Waals surface area contributed by atoms with Gasteiger partial charge in [-0.25, -0.2) is 36.3 Å². The third kappa shape index (κ3) is 9.67. The molecule has 0 aliphatic carbocycles. The minimum absolute atomic E-state index is 0.115. The van der Waals surface area contributed by atoms with Crippen LogP contribution in [0.3, 0.4) is 0 Å². The number of halogens is 7. The Balaban J connectivity index is 0.000000203. The Morgan fingerprint density at radius 3 is 1.68 bits per heavy atom. The lowest BCUT2D eigenvalue weighted by Gasteiger charge is -2.12. The number of nitrogens with zero attached hydrogens (tertiary/aromatic N) is 2. The molecule has 0 saturated heterocycles. The van der Waals surface area contributed by atoms with Gasteiger partial charge >= 0.3 is 0 Å². The van der Waals surface area contributed by atoms with Crippen LogP contribution in [-0.2, 0) is 12.8 Å². The molecular weight excluding hydrogens is 818 g/mol. The van der Waals surface area contributed by atoms with Gasteiger partial charge in [-0.2, -0.15) is 0 Å². The number of carbonyl (C=O) groups is 2. The average Bonchev–Trinajstić information content (AvgIpc) is 3.69. The van der Waals surface area contributed by atoms with E-state index in [2.05, 4.69) is 38.2 Å². The van der Waals surface area contributed by atoms with Crippen molar-refractivity contribution in [2.45, 2.75) is 24.0 Å². The van der Waals surface area contributed by atoms with Gasteiger partial charge < -0.3 is 31.2 Å². The van der Waals surface area contributed by atoms with E-state index in [0.717, 1.165) is 27.2 Å². The molecule has 2 aliphatic heterocycles. The fourth-order valence-corrected chi connectivity index (χ4v) is 6.53. The molecule has 0 bridgehead atoms. The van der Waals surface area contributed by atoms with Crippen molar-refractivity contribution in [1.82, 2.24) is 9.97 Å². The molecule has 53 heavy (non-hydrogen) atoms. The van der Waals surface area contributed by atoms with Crippen LogP contribution in [0.4, 0.5) is 26.3 Å². The summed E-state index contributed by atoms with van der Waals surface area (Å²) in [7, 11) is 0. The molecule has 19 heteroatoms. The van der Waals surface area contributed by atoms with Crippen molar-refractivity contribution in [1.29, 1.82) is 0 Å². The van der Waals surface area contributed by atoms with Gasteiger partial charge in [0.05, 0.1) is 34.6 Å². The number of ether oxygens (including phenoxy) is 2. The summed E-state index contributed by atoms with van der Waals surface area (Å²) in [6.45, 7) is -4.65. The molecular formula is C34H27BrF6N4O6S2. The first-order valence-corrected chi connectivity index (χ1v) is 17.4. The molecule has 2 aliphatic rings. The maximum atomic E-state index is 14.3. The van der Waals surface area contributed by atoms with Crippen molar-refractivity contribution in [3.05, 3.63) is 65.7 Å². The number of terminal acetylenes is 1. The molecule has 0 unspecified atom stereocenters. The zero-order chi connectivity index (χ0) is 39.1. The molecule has 0 saturated carbocycles. The molecule has 4 aromatic rings. The molecule has 0 radical (unpaired) electrons. The number of hydrogen-bond donors (Lipinski definition) is 4. The Morgan fingerprint density at radius 2 is 1.26 bits per heavy atom. The minimum atomic E-state index is -2.49. The number of rotatable bonds is 6. The van der Waals surface area contributed by atoms with Crippen molar-refractivity contribution in [3.63, 3.8) is 0 Å². The lowest BCUT2D eigenvalue weighted by atomic mass is 10.0. The SMILES string of the molecule is C#CC(O)(CF)CF.NC(=O)c1nc2c(s1)CCOc1cc(F)c(Br)cc1-2.NC(=O)c1nc2c(s1)CCOc1cc(F)c(C#CC(O)(CF)CF)cc1-2. The first kappa shape index (κ1) is 41.1. The summed E-state index contributed by atoms with van der Waals surface area (Å²) in [6, 6.07) is 5.32. The average molecular weight is 846 g/mol. The van der Waals surface area contributed by atoms with Crippen molar-refractivity contribution in [3.8, 4) is 58.2 Å². The number of primary amides is 2. The van der Waals surface area contributed by atoms with Gasteiger partial charge in [0.25, 0.3) is 11.8 Å². The number of aromatic nitrogens is 2. The topological polar surface area (TPSA) is 171 Å². The Bertz CT molecular complexity index is 2120. The Hall–Kier alpha value is -4.66. The van der Waals surface area contributed by atoms with Crippen LogP contribution in [0.15, 0.2) is 28.7 Å². The third-order valence-electron chi connectivity index (χ3n) is 7.17. The maximum Gasteiger partial charge on any atom is 0.277 e. The van der Waals surface area contributed by atoms with E-state index >= 15 is 0 Å². The molecule has 2 aromatic heterocycles. The Kier molecular flexibility index (Phi) is 13.5. The summed E-state index contributed by atoms with van der Waals surface area (Å²) in [4.78, 5) is 32.7. The molecule has 2 aromatic carbocycles. The number of benzene rings is 2. The molecule has 6 N–H and O–H groups in total. The number of carbonyl (C=O) groups excluding carboxylic acids is 2. The van der Waals surface area contributed by atoms with Crippen LogP contribution in [-0.4, -0.2) is 83.1 Å². The van der Waals surface area contributed by atoms with E-state index in [0.29, 0.717) is 52.2 Å². The fraction of sp³-hybridized carbons (Fsp3) is 0.294. The second-order valence-electron chi connectivity index (χ2n) is 11.1. The van der Waals surface area contributed by atoms with E-state index < -0.39 is 61.3 Å². The number of thiazole rings is 2. The fourth-order valence-electron chi connectivity index (χ4n) is 4.37. The number of amides is 2. The van der Waals surface area contributed by atoms with Crippen LogP contribution in [0.5, 0.6) is 11.5 Å². The number of hydrogen-bond acceptors (Lipinski definition) is 10. The highest BCUT2D eigenvalue weighted by Crippen LogP contribution is 2.41. The molecule has 0 atom stereocenters. The zero-order valence-corrected chi connectivity index (χ0v) is 30.3. The van der Waals surface area contributed by atoms with Gasteiger partial charge in [0.15, 0.2) is 21.2 Å². The normalized spacial score (nSPS) is 12.7. The standard InChI is InChI=1S/C17H13F3N2O3S.C12H8BrFN2O2S.C5H6F2O/c18-7-17(24,8-19)3-1-9-5-10-12(6-11(9)20)25-4-2-13-14(10)22-16(26-13)15(21)23;13-6-3-5-8(4-7(6)14)18-2-1-9-10(5)16-12(19-9)11(15)17;1-2-5(8,3-6)4-7/h5-6,24H,2,4,7-8H2,(H2,21,23);3-4H,1-2H2,(H2,15,17);1,8H,3-4H2. The zero-order valence-electron chi connectivity index (χ0n) is 27.1. The summed E-state index contributed by atoms with van der Waals surface area (Å²) in [5.74, 6) is 4.09. The van der Waals surface area contributed by atoms with E-state index in [1.165, 1.54) is 23.5 Å². The quantitative estimate of drug-likeness (QED) is 0.155. The maximum absolute atomic E-state index is 14.3. The largest absolute Gasteiger partial charge is 0.492 e. The van der Waals surface area contributed by atoms with Crippen molar-refractivity contribution >= 4 is 50.4 Å². The van der Waals surface area contributed by atoms with E-state index in [4.69, 9.17) is 26.0 Å². The lowest BCUT2D eigenvalue weighted by Crippen LogP contribution is -2.31. The van der Waals surface area contributed by atoms with Crippen molar-refractivity contribution in [2.75, 3.05) is 39.9 Å².